The minimum atomic E-state index is -0.0241. The summed E-state index contributed by atoms with van der Waals surface area (Å²) in [7, 11) is 1.88. The highest BCUT2D eigenvalue weighted by Crippen LogP contribution is 2.24. The average Bonchev–Trinajstić information content (AvgIpc) is 2.79. The minimum absolute atomic E-state index is 0.0241. The van der Waals surface area contributed by atoms with E-state index >= 15 is 0 Å². The Balaban J connectivity index is 2.10. The number of rotatable bonds is 7. The van der Waals surface area contributed by atoms with Crippen LogP contribution in [0.4, 0.5) is 0 Å². The molecule has 6 heteroatoms. The molecule has 0 spiro atoms. The lowest BCUT2D eigenvalue weighted by molar-refractivity contribution is 0.260. The molecule has 0 aliphatic rings. The SMILES string of the molecule is CCCNC(COc1cccc(Cl)c1)c1c(Cl)cnn1C. The van der Waals surface area contributed by atoms with Crippen molar-refractivity contribution < 1.29 is 4.74 Å². The molecule has 0 aliphatic heterocycles. The van der Waals surface area contributed by atoms with E-state index in [2.05, 4.69) is 17.3 Å². The lowest BCUT2D eigenvalue weighted by Crippen LogP contribution is -2.29. The summed E-state index contributed by atoms with van der Waals surface area (Å²) in [6.45, 7) is 3.46. The van der Waals surface area contributed by atoms with Gasteiger partial charge in [-0.3, -0.25) is 4.68 Å². The maximum absolute atomic E-state index is 6.23. The number of aryl methyl sites for hydroxylation is 1. The van der Waals surface area contributed by atoms with Crippen molar-refractivity contribution in [1.82, 2.24) is 15.1 Å². The van der Waals surface area contributed by atoms with E-state index in [0.29, 0.717) is 16.7 Å². The predicted octanol–water partition coefficient (Wildman–Crippen LogP) is 3.85. The molecule has 0 fully saturated rings. The number of aromatic nitrogens is 2. The van der Waals surface area contributed by atoms with Crippen molar-refractivity contribution in [3.8, 4) is 5.75 Å². The molecular formula is C15H19Cl2N3O. The maximum atomic E-state index is 6.23. The number of halogens is 2. The summed E-state index contributed by atoms with van der Waals surface area (Å²) in [5, 5.41) is 8.91. The highest BCUT2D eigenvalue weighted by atomic mass is 35.5. The summed E-state index contributed by atoms with van der Waals surface area (Å²) >= 11 is 12.2. The monoisotopic (exact) mass is 327 g/mol. The van der Waals surface area contributed by atoms with Crippen molar-refractivity contribution in [2.24, 2.45) is 7.05 Å². The van der Waals surface area contributed by atoms with Gasteiger partial charge in [0, 0.05) is 12.1 Å². The Bertz CT molecular complexity index is 567. The zero-order chi connectivity index (χ0) is 15.2. The third-order valence-electron chi connectivity index (χ3n) is 3.12. The zero-order valence-corrected chi connectivity index (χ0v) is 13.7. The van der Waals surface area contributed by atoms with Crippen LogP contribution < -0.4 is 10.1 Å². The molecule has 1 heterocycles. The summed E-state index contributed by atoms with van der Waals surface area (Å²) in [5.41, 5.74) is 0.923. The van der Waals surface area contributed by atoms with Gasteiger partial charge < -0.3 is 10.1 Å². The molecule has 2 aromatic rings. The van der Waals surface area contributed by atoms with E-state index < -0.39 is 0 Å². The summed E-state index contributed by atoms with van der Waals surface area (Å²) in [6.07, 6.45) is 2.68. The fourth-order valence-corrected chi connectivity index (χ4v) is 2.58. The lowest BCUT2D eigenvalue weighted by atomic mass is 10.2. The van der Waals surface area contributed by atoms with Gasteiger partial charge in [0.2, 0.25) is 0 Å². The first-order valence-electron chi connectivity index (χ1n) is 6.91. The molecule has 21 heavy (non-hydrogen) atoms. The van der Waals surface area contributed by atoms with Gasteiger partial charge in [-0.05, 0) is 31.2 Å². The number of nitrogens with zero attached hydrogens (tertiary/aromatic N) is 2. The molecule has 0 radical (unpaired) electrons. The van der Waals surface area contributed by atoms with Crippen molar-refractivity contribution in [1.29, 1.82) is 0 Å². The quantitative estimate of drug-likeness (QED) is 0.839. The predicted molar refractivity (Wildman–Crippen MR) is 86.2 cm³/mol. The highest BCUT2D eigenvalue weighted by molar-refractivity contribution is 6.31. The van der Waals surface area contributed by atoms with Crippen LogP contribution in [0.2, 0.25) is 10.0 Å². The normalized spacial score (nSPS) is 12.4. The fraction of sp³-hybridized carbons (Fsp3) is 0.400. The van der Waals surface area contributed by atoms with Gasteiger partial charge in [-0.25, -0.2) is 0 Å². The van der Waals surface area contributed by atoms with Crippen molar-refractivity contribution >= 4 is 23.2 Å². The van der Waals surface area contributed by atoms with Crippen LogP contribution in [-0.2, 0) is 7.05 Å². The van der Waals surface area contributed by atoms with Crippen molar-refractivity contribution in [3.05, 3.63) is 46.2 Å². The molecule has 0 saturated heterocycles. The Labute approximate surface area is 135 Å². The van der Waals surface area contributed by atoms with Crippen LogP contribution in [0.3, 0.4) is 0 Å². The standard InChI is InChI=1S/C15H19Cl2N3O/c1-3-7-18-14(15-13(17)9-19-20(15)2)10-21-12-6-4-5-11(16)8-12/h4-6,8-9,14,18H,3,7,10H2,1-2H3. The Morgan fingerprint density at radius 1 is 1.38 bits per heavy atom. The van der Waals surface area contributed by atoms with Crippen LogP contribution >= 0.6 is 23.2 Å². The van der Waals surface area contributed by atoms with Crippen LogP contribution in [0.5, 0.6) is 5.75 Å². The molecule has 0 bridgehead atoms. The molecule has 1 aromatic heterocycles. The maximum Gasteiger partial charge on any atom is 0.120 e. The van der Waals surface area contributed by atoms with Crippen molar-refractivity contribution in [3.63, 3.8) is 0 Å². The molecule has 0 amide bonds. The second-order valence-electron chi connectivity index (χ2n) is 4.78. The van der Waals surface area contributed by atoms with Gasteiger partial charge in [-0.15, -0.1) is 0 Å². The summed E-state index contributed by atoms with van der Waals surface area (Å²) in [5.74, 6) is 0.740. The van der Waals surface area contributed by atoms with Gasteiger partial charge >= 0.3 is 0 Å². The molecule has 0 saturated carbocycles. The Morgan fingerprint density at radius 3 is 2.81 bits per heavy atom. The Kier molecular flexibility index (Phi) is 5.91. The summed E-state index contributed by atoms with van der Waals surface area (Å²) in [4.78, 5) is 0. The topological polar surface area (TPSA) is 39.1 Å². The minimum Gasteiger partial charge on any atom is -0.491 e. The van der Waals surface area contributed by atoms with Crippen molar-refractivity contribution in [2.75, 3.05) is 13.2 Å². The third kappa shape index (κ3) is 4.37. The third-order valence-corrected chi connectivity index (χ3v) is 3.65. The van der Waals surface area contributed by atoms with E-state index in [4.69, 9.17) is 27.9 Å². The second kappa shape index (κ2) is 7.69. The van der Waals surface area contributed by atoms with Gasteiger partial charge in [0.15, 0.2) is 0 Å². The number of benzene rings is 1. The van der Waals surface area contributed by atoms with Gasteiger partial charge in [-0.1, -0.05) is 36.2 Å². The molecule has 2 rings (SSSR count). The first-order chi connectivity index (χ1) is 10.1. The van der Waals surface area contributed by atoms with E-state index in [1.165, 1.54) is 0 Å². The molecule has 1 N–H and O–H groups in total. The van der Waals surface area contributed by atoms with Gasteiger partial charge in [0.1, 0.15) is 12.4 Å². The summed E-state index contributed by atoms with van der Waals surface area (Å²) < 4.78 is 7.61. The van der Waals surface area contributed by atoms with Gasteiger partial charge in [0.05, 0.1) is 23.0 Å². The van der Waals surface area contributed by atoms with Crippen LogP contribution in [0.25, 0.3) is 0 Å². The summed E-state index contributed by atoms with van der Waals surface area (Å²) in [6, 6.07) is 7.34. The molecule has 1 aromatic carbocycles. The van der Waals surface area contributed by atoms with E-state index in [0.717, 1.165) is 24.4 Å². The van der Waals surface area contributed by atoms with Crippen LogP contribution in [0.1, 0.15) is 25.1 Å². The molecule has 0 aliphatic carbocycles. The van der Waals surface area contributed by atoms with E-state index in [9.17, 15) is 0 Å². The first kappa shape index (κ1) is 16.1. The smallest absolute Gasteiger partial charge is 0.120 e. The van der Waals surface area contributed by atoms with Crippen LogP contribution in [-0.4, -0.2) is 22.9 Å². The van der Waals surface area contributed by atoms with Gasteiger partial charge in [-0.2, -0.15) is 5.10 Å². The number of hydrogen-bond donors (Lipinski definition) is 1. The molecule has 1 unspecified atom stereocenters. The zero-order valence-electron chi connectivity index (χ0n) is 12.1. The largest absolute Gasteiger partial charge is 0.491 e. The molecule has 1 atom stereocenters. The van der Waals surface area contributed by atoms with Crippen molar-refractivity contribution in [2.45, 2.75) is 19.4 Å². The van der Waals surface area contributed by atoms with E-state index in [-0.39, 0.29) is 6.04 Å². The van der Waals surface area contributed by atoms with Crippen LogP contribution in [0, 0.1) is 0 Å². The van der Waals surface area contributed by atoms with E-state index in [1.54, 1.807) is 16.9 Å². The van der Waals surface area contributed by atoms with Gasteiger partial charge in [0.25, 0.3) is 0 Å². The van der Waals surface area contributed by atoms with Crippen LogP contribution in [0.15, 0.2) is 30.5 Å². The number of hydrogen-bond acceptors (Lipinski definition) is 3. The average molecular weight is 328 g/mol. The number of ether oxygens (including phenoxy) is 1. The fourth-order valence-electron chi connectivity index (χ4n) is 2.10. The highest BCUT2D eigenvalue weighted by Gasteiger charge is 2.19. The van der Waals surface area contributed by atoms with E-state index in [1.807, 2.05) is 25.2 Å². The second-order valence-corrected chi connectivity index (χ2v) is 5.62. The Hall–Kier alpha value is -1.23. The first-order valence-corrected chi connectivity index (χ1v) is 7.66. The molecular weight excluding hydrogens is 309 g/mol. The lowest BCUT2D eigenvalue weighted by Gasteiger charge is -2.20. The molecule has 4 nitrogen and oxygen atoms in total. The molecule has 114 valence electrons. The Morgan fingerprint density at radius 2 is 2.19 bits per heavy atom. The number of nitrogens with one attached hydrogen (secondary N) is 1.